The number of nitrogens with one attached hydrogen (secondary N) is 1. The van der Waals surface area contributed by atoms with Crippen LogP contribution in [0.15, 0.2) is 24.5 Å². The minimum Gasteiger partial charge on any atom is -0.464 e. The van der Waals surface area contributed by atoms with Gasteiger partial charge in [0.2, 0.25) is 5.91 Å². The number of ether oxygens (including phenoxy) is 1. The highest BCUT2D eigenvalue weighted by atomic mass is 16.5. The van der Waals surface area contributed by atoms with Gasteiger partial charge in [-0.3, -0.25) is 9.78 Å². The first-order valence-electron chi connectivity index (χ1n) is 5.80. The molecule has 20 heavy (non-hydrogen) atoms. The zero-order chi connectivity index (χ0) is 14.5. The maximum Gasteiger partial charge on any atom is 0.360 e. The minimum absolute atomic E-state index is 0.0435. The fourth-order valence-electron chi connectivity index (χ4n) is 1.67. The summed E-state index contributed by atoms with van der Waals surface area (Å²) < 4.78 is 6.02. The van der Waals surface area contributed by atoms with Crippen LogP contribution >= 0.6 is 0 Å². The van der Waals surface area contributed by atoms with Crippen molar-refractivity contribution in [2.75, 3.05) is 14.2 Å². The molecule has 0 aliphatic rings. The van der Waals surface area contributed by atoms with E-state index < -0.39 is 5.97 Å². The zero-order valence-corrected chi connectivity index (χ0v) is 11.0. The molecule has 2 rings (SSSR count). The third-order valence-corrected chi connectivity index (χ3v) is 2.64. The zero-order valence-electron chi connectivity index (χ0n) is 11.0. The third-order valence-electron chi connectivity index (χ3n) is 2.64. The molecule has 0 aliphatic carbocycles. The van der Waals surface area contributed by atoms with E-state index in [0.717, 1.165) is 0 Å². The van der Waals surface area contributed by atoms with Crippen LogP contribution in [0.5, 0.6) is 0 Å². The molecule has 1 amide bonds. The number of carbonyl (C=O) groups excluding carboxylic acids is 2. The molecular weight excluding hydrogens is 262 g/mol. The molecule has 8 heteroatoms. The van der Waals surface area contributed by atoms with Crippen molar-refractivity contribution in [1.29, 1.82) is 0 Å². The van der Waals surface area contributed by atoms with Crippen LogP contribution in [0.4, 0.5) is 0 Å². The number of likely N-dealkylation sites (N-methyl/N-ethyl adjacent to an activating group) is 1. The molecule has 0 aliphatic heterocycles. The van der Waals surface area contributed by atoms with Gasteiger partial charge in [-0.2, -0.15) is 0 Å². The molecule has 104 valence electrons. The highest BCUT2D eigenvalue weighted by Gasteiger charge is 2.22. The van der Waals surface area contributed by atoms with Crippen LogP contribution in [0.3, 0.4) is 0 Å². The van der Waals surface area contributed by atoms with E-state index in [2.05, 4.69) is 25.3 Å². The summed E-state index contributed by atoms with van der Waals surface area (Å²) >= 11 is 0. The quantitative estimate of drug-likeness (QED) is 0.780. The van der Waals surface area contributed by atoms with Crippen molar-refractivity contribution in [3.63, 3.8) is 0 Å². The molecule has 0 saturated heterocycles. The molecule has 0 unspecified atom stereocenters. The summed E-state index contributed by atoms with van der Waals surface area (Å²) in [5.74, 6) is -0.860. The fourth-order valence-corrected chi connectivity index (χ4v) is 1.67. The smallest absolute Gasteiger partial charge is 0.360 e. The Hall–Kier alpha value is -2.77. The molecule has 1 N–H and O–H groups in total. The number of rotatable bonds is 4. The monoisotopic (exact) mass is 275 g/mol. The Kier molecular flexibility index (Phi) is 4.04. The minimum atomic E-state index is -0.611. The van der Waals surface area contributed by atoms with Crippen molar-refractivity contribution in [3.05, 3.63) is 30.2 Å². The highest BCUT2D eigenvalue weighted by molar-refractivity contribution is 5.94. The first-order valence-corrected chi connectivity index (χ1v) is 5.80. The molecule has 0 saturated carbocycles. The summed E-state index contributed by atoms with van der Waals surface area (Å²) in [5.41, 5.74) is 1.15. The predicted molar refractivity (Wildman–Crippen MR) is 68.7 cm³/mol. The lowest BCUT2D eigenvalue weighted by Gasteiger charge is -2.06. The first kappa shape index (κ1) is 13.7. The topological polar surface area (TPSA) is 99.0 Å². The fraction of sp³-hybridized carbons (Fsp3) is 0.250. The Labute approximate surface area is 114 Å². The summed E-state index contributed by atoms with van der Waals surface area (Å²) in [6, 6.07) is 3.40. The lowest BCUT2D eigenvalue weighted by molar-refractivity contribution is -0.121. The van der Waals surface area contributed by atoms with Gasteiger partial charge in [0.15, 0.2) is 5.69 Å². The summed E-state index contributed by atoms with van der Waals surface area (Å²) in [6.07, 6.45) is 3.15. The van der Waals surface area contributed by atoms with Crippen LogP contribution in [0.2, 0.25) is 0 Å². The molecule has 0 radical (unpaired) electrons. The normalized spacial score (nSPS) is 10.1. The van der Waals surface area contributed by atoms with E-state index in [1.54, 1.807) is 24.5 Å². The van der Waals surface area contributed by atoms with Crippen molar-refractivity contribution in [3.8, 4) is 11.3 Å². The van der Waals surface area contributed by atoms with E-state index in [0.29, 0.717) is 11.3 Å². The molecule has 0 aromatic carbocycles. The standard InChI is InChI=1S/C12H13N5O3/c1-13-9(18)7-17-11(8-3-5-14-6-4-8)10(15-16-17)12(19)20-2/h3-6H,7H2,1-2H3,(H,13,18). The number of carbonyl (C=O) groups is 2. The number of esters is 1. The molecular formula is C12H13N5O3. The van der Waals surface area contributed by atoms with E-state index >= 15 is 0 Å². The molecule has 0 bridgehead atoms. The number of methoxy groups -OCH3 is 1. The van der Waals surface area contributed by atoms with Gasteiger partial charge in [-0.15, -0.1) is 5.10 Å². The number of hydrogen-bond donors (Lipinski definition) is 1. The lowest BCUT2D eigenvalue weighted by atomic mass is 10.1. The number of aromatic nitrogens is 4. The van der Waals surface area contributed by atoms with E-state index in [1.807, 2.05) is 0 Å². The largest absolute Gasteiger partial charge is 0.464 e. The second-order valence-corrected chi connectivity index (χ2v) is 3.84. The molecule has 8 nitrogen and oxygen atoms in total. The van der Waals surface area contributed by atoms with Gasteiger partial charge in [0.05, 0.1) is 7.11 Å². The summed E-state index contributed by atoms with van der Waals surface area (Å²) in [7, 11) is 2.78. The molecule has 0 spiro atoms. The second-order valence-electron chi connectivity index (χ2n) is 3.84. The molecule has 2 aromatic heterocycles. The van der Waals surface area contributed by atoms with E-state index in [1.165, 1.54) is 18.8 Å². The van der Waals surface area contributed by atoms with Gasteiger partial charge in [0.1, 0.15) is 12.2 Å². The van der Waals surface area contributed by atoms with E-state index in [4.69, 9.17) is 0 Å². The van der Waals surface area contributed by atoms with Gasteiger partial charge >= 0.3 is 5.97 Å². The molecule has 0 fully saturated rings. The Bertz CT molecular complexity index is 623. The maximum atomic E-state index is 11.7. The van der Waals surface area contributed by atoms with Crippen LogP contribution in [-0.4, -0.2) is 46.0 Å². The van der Waals surface area contributed by atoms with Gasteiger partial charge in [-0.1, -0.05) is 5.21 Å². The molecule has 2 heterocycles. The Morgan fingerprint density at radius 2 is 2.05 bits per heavy atom. The summed E-state index contributed by atoms with van der Waals surface area (Å²) in [6.45, 7) is -0.0435. The van der Waals surface area contributed by atoms with Crippen LogP contribution in [-0.2, 0) is 16.1 Å². The van der Waals surface area contributed by atoms with Gasteiger partial charge in [0, 0.05) is 25.0 Å². The van der Waals surface area contributed by atoms with Crippen molar-refractivity contribution in [1.82, 2.24) is 25.3 Å². The third kappa shape index (κ3) is 2.63. The van der Waals surface area contributed by atoms with Crippen molar-refractivity contribution in [2.24, 2.45) is 0 Å². The van der Waals surface area contributed by atoms with Gasteiger partial charge in [-0.05, 0) is 12.1 Å². The summed E-state index contributed by atoms with van der Waals surface area (Å²) in [4.78, 5) is 27.1. The first-order chi connectivity index (χ1) is 9.67. The number of amides is 1. The molecule has 2 aromatic rings. The van der Waals surface area contributed by atoms with Crippen LogP contribution in [0, 0.1) is 0 Å². The average molecular weight is 275 g/mol. The number of pyridine rings is 1. The number of hydrogen-bond acceptors (Lipinski definition) is 6. The van der Waals surface area contributed by atoms with Gasteiger partial charge < -0.3 is 10.1 Å². The van der Waals surface area contributed by atoms with Gasteiger partial charge in [0.25, 0.3) is 0 Å². The summed E-state index contributed by atoms with van der Waals surface area (Å²) in [5, 5.41) is 10.1. The Morgan fingerprint density at radius 3 is 2.65 bits per heavy atom. The van der Waals surface area contributed by atoms with Gasteiger partial charge in [-0.25, -0.2) is 9.48 Å². The second kappa shape index (κ2) is 5.91. The van der Waals surface area contributed by atoms with Crippen molar-refractivity contribution in [2.45, 2.75) is 6.54 Å². The van der Waals surface area contributed by atoms with Crippen LogP contribution < -0.4 is 5.32 Å². The van der Waals surface area contributed by atoms with Crippen LogP contribution in [0.25, 0.3) is 11.3 Å². The SMILES string of the molecule is CNC(=O)Cn1nnc(C(=O)OC)c1-c1ccncc1. The van der Waals surface area contributed by atoms with E-state index in [-0.39, 0.29) is 18.1 Å². The Balaban J connectivity index is 2.51. The Morgan fingerprint density at radius 1 is 1.35 bits per heavy atom. The predicted octanol–water partition coefficient (Wildman–Crippen LogP) is -0.127. The van der Waals surface area contributed by atoms with Crippen molar-refractivity contribution < 1.29 is 14.3 Å². The average Bonchev–Trinajstić information content (AvgIpc) is 2.90. The highest BCUT2D eigenvalue weighted by Crippen LogP contribution is 2.22. The number of nitrogens with zero attached hydrogens (tertiary/aromatic N) is 4. The maximum absolute atomic E-state index is 11.7. The lowest BCUT2D eigenvalue weighted by Crippen LogP contribution is -2.24. The van der Waals surface area contributed by atoms with Crippen molar-refractivity contribution >= 4 is 11.9 Å². The molecule has 0 atom stereocenters. The van der Waals surface area contributed by atoms with Crippen LogP contribution in [0.1, 0.15) is 10.5 Å². The van der Waals surface area contributed by atoms with E-state index in [9.17, 15) is 9.59 Å².